The Bertz CT molecular complexity index is 1380. The molecule has 1 aliphatic heterocycles. The molecule has 2 heterocycles. The van der Waals surface area contributed by atoms with Gasteiger partial charge in [0.1, 0.15) is 5.82 Å². The summed E-state index contributed by atoms with van der Waals surface area (Å²) in [4.78, 5) is 28.2. The predicted molar refractivity (Wildman–Crippen MR) is 118 cm³/mol. The number of para-hydroxylation sites is 1. The van der Waals surface area contributed by atoms with Gasteiger partial charge < -0.3 is 4.90 Å². The van der Waals surface area contributed by atoms with E-state index in [9.17, 15) is 14.0 Å². The maximum Gasteiger partial charge on any atom is 0.279 e. The minimum absolute atomic E-state index is 0.131. The number of rotatable bonds is 2. The van der Waals surface area contributed by atoms with Gasteiger partial charge in [-0.1, -0.05) is 42.5 Å². The molecule has 0 bridgehead atoms. The molecule has 0 spiro atoms. The van der Waals surface area contributed by atoms with E-state index in [1.54, 1.807) is 48.5 Å². The Kier molecular flexibility index (Phi) is 4.62. The molecule has 5 nitrogen and oxygen atoms in total. The predicted octanol–water partition coefficient (Wildman–Crippen LogP) is 4.43. The monoisotopic (exact) mass is 413 g/mol. The number of carbonyl (C=O) groups is 1. The van der Waals surface area contributed by atoms with Crippen molar-refractivity contribution in [2.75, 3.05) is 11.4 Å². The number of hydrogen-bond donors (Lipinski definition) is 0. The van der Waals surface area contributed by atoms with Gasteiger partial charge in [0, 0.05) is 11.9 Å². The lowest BCUT2D eigenvalue weighted by atomic mass is 9.98. The fourth-order valence-electron chi connectivity index (χ4n) is 4.26. The normalized spacial score (nSPS) is 13.3. The summed E-state index contributed by atoms with van der Waals surface area (Å²) in [6.07, 6.45) is 1.45. The molecule has 0 atom stereocenters. The minimum atomic E-state index is -0.413. The topological polar surface area (TPSA) is 55.2 Å². The van der Waals surface area contributed by atoms with E-state index < -0.39 is 11.7 Å². The van der Waals surface area contributed by atoms with E-state index in [0.717, 1.165) is 24.0 Å². The first kappa shape index (κ1) is 19.2. The van der Waals surface area contributed by atoms with Crippen LogP contribution in [0.4, 0.5) is 10.1 Å². The van der Waals surface area contributed by atoms with E-state index in [1.165, 1.54) is 15.6 Å². The third-order valence-corrected chi connectivity index (χ3v) is 5.64. The van der Waals surface area contributed by atoms with E-state index in [0.29, 0.717) is 28.7 Å². The van der Waals surface area contributed by atoms with Crippen molar-refractivity contribution in [3.05, 3.63) is 99.7 Å². The first-order chi connectivity index (χ1) is 15.0. The molecular weight excluding hydrogens is 393 g/mol. The van der Waals surface area contributed by atoms with E-state index in [1.807, 2.05) is 19.1 Å². The molecular formula is C25H20FN3O2. The summed E-state index contributed by atoms with van der Waals surface area (Å²) in [6, 6.07) is 19.3. The molecule has 5 rings (SSSR count). The van der Waals surface area contributed by atoms with Crippen molar-refractivity contribution >= 4 is 22.4 Å². The number of anilines is 1. The second-order valence-electron chi connectivity index (χ2n) is 7.76. The lowest BCUT2D eigenvalue weighted by molar-refractivity contribution is 0.0979. The summed E-state index contributed by atoms with van der Waals surface area (Å²) in [5.41, 5.74) is 2.34. The Morgan fingerprint density at radius 3 is 2.48 bits per heavy atom. The van der Waals surface area contributed by atoms with E-state index in [-0.39, 0.29) is 11.3 Å². The van der Waals surface area contributed by atoms with Crippen LogP contribution < -0.4 is 10.5 Å². The van der Waals surface area contributed by atoms with Crippen LogP contribution in [0, 0.1) is 12.7 Å². The third kappa shape index (κ3) is 3.20. The number of benzene rings is 3. The first-order valence-electron chi connectivity index (χ1n) is 10.2. The molecule has 31 heavy (non-hydrogen) atoms. The molecule has 154 valence electrons. The van der Waals surface area contributed by atoms with Crippen molar-refractivity contribution in [2.24, 2.45) is 0 Å². The minimum Gasteiger partial charge on any atom is -0.304 e. The van der Waals surface area contributed by atoms with Crippen molar-refractivity contribution in [3.63, 3.8) is 0 Å². The standard InChI is InChI=1S/C25H20FN3O2/c1-16-14-17-8-7-13-28(23(17)21(26)15-16)25(31)22-19-11-5-6-12-20(19)24(30)29(27-22)18-9-3-2-4-10-18/h2-6,9-12,14-15H,7-8,13H2,1H3. The third-order valence-electron chi connectivity index (χ3n) is 5.64. The van der Waals surface area contributed by atoms with Crippen LogP contribution in [0.2, 0.25) is 0 Å². The van der Waals surface area contributed by atoms with Gasteiger partial charge >= 0.3 is 0 Å². The maximum absolute atomic E-state index is 14.9. The van der Waals surface area contributed by atoms with Crippen LogP contribution in [0.1, 0.15) is 28.0 Å². The Morgan fingerprint density at radius 2 is 1.71 bits per heavy atom. The van der Waals surface area contributed by atoms with Crippen molar-refractivity contribution in [1.82, 2.24) is 9.78 Å². The average Bonchev–Trinajstić information content (AvgIpc) is 2.79. The maximum atomic E-state index is 14.9. The lowest BCUT2D eigenvalue weighted by Crippen LogP contribution is -2.38. The zero-order chi connectivity index (χ0) is 21.5. The van der Waals surface area contributed by atoms with Gasteiger partial charge in [0.25, 0.3) is 11.5 Å². The van der Waals surface area contributed by atoms with Crippen LogP contribution in [0.15, 0.2) is 71.5 Å². The second kappa shape index (κ2) is 7.47. The van der Waals surface area contributed by atoms with Crippen molar-refractivity contribution in [3.8, 4) is 5.69 Å². The molecule has 1 aliphatic rings. The number of hydrogen-bond acceptors (Lipinski definition) is 3. The largest absolute Gasteiger partial charge is 0.304 e. The Hall–Kier alpha value is -3.80. The van der Waals surface area contributed by atoms with Crippen LogP contribution >= 0.6 is 0 Å². The van der Waals surface area contributed by atoms with Crippen LogP contribution in [-0.4, -0.2) is 22.2 Å². The molecule has 0 saturated carbocycles. The van der Waals surface area contributed by atoms with Gasteiger partial charge in [0.15, 0.2) is 5.69 Å². The molecule has 1 aromatic heterocycles. The highest BCUT2D eigenvalue weighted by Gasteiger charge is 2.29. The quantitative estimate of drug-likeness (QED) is 0.489. The molecule has 6 heteroatoms. The van der Waals surface area contributed by atoms with Gasteiger partial charge in [-0.3, -0.25) is 9.59 Å². The number of amides is 1. The number of halogens is 1. The first-order valence-corrected chi connectivity index (χ1v) is 10.2. The lowest BCUT2D eigenvalue weighted by Gasteiger charge is -2.30. The number of fused-ring (bicyclic) bond motifs is 2. The van der Waals surface area contributed by atoms with Gasteiger partial charge in [-0.05, 0) is 55.2 Å². The van der Waals surface area contributed by atoms with Gasteiger partial charge in [0.2, 0.25) is 0 Å². The number of aryl methyl sites for hydroxylation is 2. The number of carbonyl (C=O) groups excluding carboxylic acids is 1. The van der Waals surface area contributed by atoms with Crippen LogP contribution in [-0.2, 0) is 6.42 Å². The van der Waals surface area contributed by atoms with E-state index in [2.05, 4.69) is 5.10 Å². The van der Waals surface area contributed by atoms with Crippen molar-refractivity contribution in [1.29, 1.82) is 0 Å². The summed E-state index contributed by atoms with van der Waals surface area (Å²) in [5.74, 6) is -0.826. The Balaban J connectivity index is 1.73. The summed E-state index contributed by atoms with van der Waals surface area (Å²) in [7, 11) is 0. The fraction of sp³-hybridized carbons (Fsp3) is 0.160. The molecule has 0 saturated heterocycles. The van der Waals surface area contributed by atoms with Crippen LogP contribution in [0.25, 0.3) is 16.5 Å². The summed E-state index contributed by atoms with van der Waals surface area (Å²) in [5, 5.41) is 5.31. The van der Waals surface area contributed by atoms with E-state index in [4.69, 9.17) is 0 Å². The SMILES string of the molecule is Cc1cc(F)c2c(c1)CCCN2C(=O)c1nn(-c2ccccc2)c(=O)c2ccccc12. The molecule has 0 unspecified atom stereocenters. The van der Waals surface area contributed by atoms with Gasteiger partial charge in [-0.2, -0.15) is 9.78 Å². The number of aromatic nitrogens is 2. The highest BCUT2D eigenvalue weighted by molar-refractivity contribution is 6.12. The van der Waals surface area contributed by atoms with Crippen LogP contribution in [0.5, 0.6) is 0 Å². The molecule has 0 radical (unpaired) electrons. The smallest absolute Gasteiger partial charge is 0.279 e. The Morgan fingerprint density at radius 1 is 1.00 bits per heavy atom. The van der Waals surface area contributed by atoms with Crippen LogP contribution in [0.3, 0.4) is 0 Å². The number of nitrogens with zero attached hydrogens (tertiary/aromatic N) is 3. The summed E-state index contributed by atoms with van der Waals surface area (Å²) < 4.78 is 16.2. The molecule has 0 fully saturated rings. The highest BCUT2D eigenvalue weighted by Crippen LogP contribution is 2.32. The van der Waals surface area contributed by atoms with Gasteiger partial charge in [-0.25, -0.2) is 4.39 Å². The molecule has 0 N–H and O–H groups in total. The van der Waals surface area contributed by atoms with Gasteiger partial charge in [0.05, 0.1) is 16.8 Å². The Labute approximate surface area is 178 Å². The molecule has 0 aliphatic carbocycles. The van der Waals surface area contributed by atoms with Crippen molar-refractivity contribution < 1.29 is 9.18 Å². The molecule has 3 aromatic carbocycles. The van der Waals surface area contributed by atoms with Crippen molar-refractivity contribution in [2.45, 2.75) is 19.8 Å². The molecule has 4 aromatic rings. The summed E-state index contributed by atoms with van der Waals surface area (Å²) >= 11 is 0. The average molecular weight is 413 g/mol. The zero-order valence-corrected chi connectivity index (χ0v) is 17.0. The highest BCUT2D eigenvalue weighted by atomic mass is 19.1. The zero-order valence-electron chi connectivity index (χ0n) is 17.0. The second-order valence-corrected chi connectivity index (χ2v) is 7.76. The molecule has 1 amide bonds. The van der Waals surface area contributed by atoms with E-state index >= 15 is 0 Å². The van der Waals surface area contributed by atoms with Gasteiger partial charge in [-0.15, -0.1) is 0 Å². The summed E-state index contributed by atoms with van der Waals surface area (Å²) in [6.45, 7) is 2.24. The fourth-order valence-corrected chi connectivity index (χ4v) is 4.26.